The van der Waals surface area contributed by atoms with E-state index in [2.05, 4.69) is 9.82 Å². The number of nitrogens with one attached hydrogen (secondary N) is 1. The Labute approximate surface area is 116 Å². The highest BCUT2D eigenvalue weighted by molar-refractivity contribution is 7.89. The van der Waals surface area contributed by atoms with Gasteiger partial charge in [0, 0.05) is 43.0 Å². The van der Waals surface area contributed by atoms with Crippen LogP contribution in [0.4, 0.5) is 0 Å². The Morgan fingerprint density at radius 2 is 2.32 bits per heavy atom. The number of sulfonamides is 1. The lowest BCUT2D eigenvalue weighted by molar-refractivity contribution is 0.581. The van der Waals surface area contributed by atoms with Crippen LogP contribution in [0.15, 0.2) is 28.6 Å². The molecule has 0 unspecified atom stereocenters. The molecule has 0 aliphatic rings. The van der Waals surface area contributed by atoms with Crippen LogP contribution in [0.25, 0.3) is 0 Å². The van der Waals surface area contributed by atoms with Gasteiger partial charge in [-0.1, -0.05) is 0 Å². The number of nitrogens with two attached hydrogens (primary N) is 1. The van der Waals surface area contributed by atoms with Crippen molar-refractivity contribution >= 4 is 21.4 Å². The maximum atomic E-state index is 12.0. The molecule has 2 rings (SSSR count). The van der Waals surface area contributed by atoms with Gasteiger partial charge in [-0.15, -0.1) is 11.3 Å². The lowest BCUT2D eigenvalue weighted by Crippen LogP contribution is -2.25. The highest BCUT2D eigenvalue weighted by Crippen LogP contribution is 2.18. The monoisotopic (exact) mass is 300 g/mol. The van der Waals surface area contributed by atoms with E-state index < -0.39 is 10.0 Å². The molecule has 0 bridgehead atoms. The number of rotatable bonds is 6. The van der Waals surface area contributed by atoms with Crippen LogP contribution in [0.5, 0.6) is 0 Å². The summed E-state index contributed by atoms with van der Waals surface area (Å²) in [5, 5.41) is 5.79. The largest absolute Gasteiger partial charge is 0.326 e. The van der Waals surface area contributed by atoms with Crippen LogP contribution in [-0.4, -0.2) is 24.7 Å². The van der Waals surface area contributed by atoms with E-state index in [1.165, 1.54) is 11.3 Å². The number of thiophene rings is 1. The van der Waals surface area contributed by atoms with Crippen LogP contribution in [0.2, 0.25) is 0 Å². The zero-order valence-corrected chi connectivity index (χ0v) is 12.2. The third-order valence-electron chi connectivity index (χ3n) is 2.58. The lowest BCUT2D eigenvalue weighted by Gasteiger charge is -2.03. The van der Waals surface area contributed by atoms with E-state index in [0.717, 1.165) is 10.6 Å². The quantitative estimate of drug-likeness (QED) is 0.811. The summed E-state index contributed by atoms with van der Waals surface area (Å²) >= 11 is 1.35. The molecule has 2 aromatic rings. The lowest BCUT2D eigenvalue weighted by atomic mass is 10.3. The molecule has 8 heteroatoms. The van der Waals surface area contributed by atoms with E-state index in [0.29, 0.717) is 19.5 Å². The van der Waals surface area contributed by atoms with E-state index in [4.69, 9.17) is 5.73 Å². The summed E-state index contributed by atoms with van der Waals surface area (Å²) in [5.41, 5.74) is 6.33. The van der Waals surface area contributed by atoms with E-state index in [1.807, 2.05) is 19.3 Å². The fraction of sp³-hybridized carbons (Fsp3) is 0.364. The summed E-state index contributed by atoms with van der Waals surface area (Å²) in [4.78, 5) is 1.13. The maximum Gasteiger partial charge on any atom is 0.241 e. The van der Waals surface area contributed by atoms with Gasteiger partial charge in [0.05, 0.1) is 10.6 Å². The van der Waals surface area contributed by atoms with Crippen LogP contribution in [0, 0.1) is 0 Å². The van der Waals surface area contributed by atoms with Gasteiger partial charge >= 0.3 is 0 Å². The van der Waals surface area contributed by atoms with Crippen molar-refractivity contribution < 1.29 is 8.42 Å². The highest BCUT2D eigenvalue weighted by atomic mass is 32.2. The third-order valence-corrected chi connectivity index (χ3v) is 5.13. The van der Waals surface area contributed by atoms with Crippen molar-refractivity contribution in [1.82, 2.24) is 14.5 Å². The average molecular weight is 300 g/mol. The molecule has 0 aliphatic heterocycles. The highest BCUT2D eigenvalue weighted by Gasteiger charge is 2.15. The fourth-order valence-corrected chi connectivity index (χ4v) is 3.79. The predicted octanol–water partition coefficient (Wildman–Crippen LogP) is 0.461. The summed E-state index contributed by atoms with van der Waals surface area (Å²) in [7, 11) is -1.62. The molecule has 6 nitrogen and oxygen atoms in total. The van der Waals surface area contributed by atoms with E-state index in [1.54, 1.807) is 16.1 Å². The molecule has 0 saturated carbocycles. The summed E-state index contributed by atoms with van der Waals surface area (Å²) in [6.07, 6.45) is 2.39. The van der Waals surface area contributed by atoms with Crippen LogP contribution < -0.4 is 10.5 Å². The summed E-state index contributed by atoms with van der Waals surface area (Å²) in [6, 6.07) is 3.47. The number of nitrogens with zero attached hydrogens (tertiary/aromatic N) is 2. The average Bonchev–Trinajstić information content (AvgIpc) is 2.98. The van der Waals surface area contributed by atoms with Gasteiger partial charge in [-0.2, -0.15) is 5.10 Å². The van der Waals surface area contributed by atoms with Crippen LogP contribution in [0.3, 0.4) is 0 Å². The van der Waals surface area contributed by atoms with Gasteiger partial charge in [-0.05, 0) is 12.1 Å². The Hall–Kier alpha value is -1.22. The Morgan fingerprint density at radius 1 is 1.53 bits per heavy atom. The van der Waals surface area contributed by atoms with Crippen molar-refractivity contribution in [3.63, 3.8) is 0 Å². The summed E-state index contributed by atoms with van der Waals surface area (Å²) in [5.74, 6) is 0. The number of hydrogen-bond acceptors (Lipinski definition) is 5. The van der Waals surface area contributed by atoms with Crippen LogP contribution in [0.1, 0.15) is 10.6 Å². The van der Waals surface area contributed by atoms with Gasteiger partial charge in [0.1, 0.15) is 0 Å². The molecule has 0 fully saturated rings. The SMILES string of the molecule is Cn1ccc(CCNS(=O)(=O)c2csc(CN)c2)n1. The third kappa shape index (κ3) is 3.63. The minimum absolute atomic E-state index is 0.277. The second-order valence-corrected chi connectivity index (χ2v) is 6.84. The molecule has 2 aromatic heterocycles. The second kappa shape index (κ2) is 5.83. The maximum absolute atomic E-state index is 12.0. The fourth-order valence-electron chi connectivity index (χ4n) is 1.60. The van der Waals surface area contributed by atoms with Crippen molar-refractivity contribution in [3.05, 3.63) is 34.3 Å². The molecular weight excluding hydrogens is 284 g/mol. The second-order valence-electron chi connectivity index (χ2n) is 4.08. The first-order valence-corrected chi connectivity index (χ1v) is 8.13. The Bertz CT molecular complexity index is 645. The zero-order chi connectivity index (χ0) is 13.9. The molecule has 19 heavy (non-hydrogen) atoms. The molecule has 0 radical (unpaired) electrons. The van der Waals surface area contributed by atoms with E-state index in [-0.39, 0.29) is 4.90 Å². The van der Waals surface area contributed by atoms with Gasteiger partial charge in [0.2, 0.25) is 10.0 Å². The Morgan fingerprint density at radius 3 is 2.89 bits per heavy atom. The molecule has 0 spiro atoms. The van der Waals surface area contributed by atoms with Crippen molar-refractivity contribution in [3.8, 4) is 0 Å². The molecule has 0 amide bonds. The van der Waals surface area contributed by atoms with Gasteiger partial charge < -0.3 is 5.73 Å². The Kier molecular flexibility index (Phi) is 4.35. The minimum atomic E-state index is -3.44. The minimum Gasteiger partial charge on any atom is -0.326 e. The normalized spacial score (nSPS) is 11.9. The first-order valence-electron chi connectivity index (χ1n) is 5.77. The number of aryl methyl sites for hydroxylation is 1. The standard InChI is InChI=1S/C11H16N4O2S2/c1-15-5-3-9(14-15)2-4-13-19(16,17)11-6-10(7-12)18-8-11/h3,5-6,8,13H,2,4,7,12H2,1H3. The Balaban J connectivity index is 1.94. The summed E-state index contributed by atoms with van der Waals surface area (Å²) < 4.78 is 28.2. The van der Waals surface area contributed by atoms with Crippen LogP contribution >= 0.6 is 11.3 Å². The number of hydrogen-bond donors (Lipinski definition) is 2. The molecule has 2 heterocycles. The van der Waals surface area contributed by atoms with Crippen molar-refractivity contribution in [2.24, 2.45) is 12.8 Å². The molecule has 0 aromatic carbocycles. The molecule has 104 valence electrons. The van der Waals surface area contributed by atoms with Gasteiger partial charge in [0.15, 0.2) is 0 Å². The topological polar surface area (TPSA) is 90.0 Å². The van der Waals surface area contributed by atoms with Crippen molar-refractivity contribution in [1.29, 1.82) is 0 Å². The van der Waals surface area contributed by atoms with E-state index >= 15 is 0 Å². The van der Waals surface area contributed by atoms with Gasteiger partial charge in [0.25, 0.3) is 0 Å². The zero-order valence-electron chi connectivity index (χ0n) is 10.5. The van der Waals surface area contributed by atoms with Crippen molar-refractivity contribution in [2.45, 2.75) is 17.9 Å². The number of aromatic nitrogens is 2. The molecule has 3 N–H and O–H groups in total. The molecule has 0 saturated heterocycles. The summed E-state index contributed by atoms with van der Waals surface area (Å²) in [6.45, 7) is 0.682. The smallest absolute Gasteiger partial charge is 0.241 e. The van der Waals surface area contributed by atoms with Crippen LogP contribution in [-0.2, 0) is 30.0 Å². The van der Waals surface area contributed by atoms with Gasteiger partial charge in [-0.25, -0.2) is 13.1 Å². The van der Waals surface area contributed by atoms with Gasteiger partial charge in [-0.3, -0.25) is 4.68 Å². The van der Waals surface area contributed by atoms with E-state index in [9.17, 15) is 8.42 Å². The predicted molar refractivity (Wildman–Crippen MR) is 74.3 cm³/mol. The first-order chi connectivity index (χ1) is 9.01. The molecule has 0 atom stereocenters. The molecular formula is C11H16N4O2S2. The first kappa shape index (κ1) is 14.2. The van der Waals surface area contributed by atoms with Crippen molar-refractivity contribution in [2.75, 3.05) is 6.54 Å². The molecule has 0 aliphatic carbocycles.